The minimum absolute atomic E-state index is 0.0547. The Kier molecular flexibility index (Phi) is 4.34. The number of carbonyl (C=O) groups excluding carboxylic acids is 2. The maximum atomic E-state index is 12.1. The zero-order chi connectivity index (χ0) is 13.8. The summed E-state index contributed by atoms with van der Waals surface area (Å²) < 4.78 is 0.383. The molecule has 0 bridgehead atoms. The van der Waals surface area contributed by atoms with Gasteiger partial charge >= 0.3 is 0 Å². The van der Waals surface area contributed by atoms with Crippen LogP contribution in [-0.2, 0) is 9.59 Å². The number of hydrogen-bond donors (Lipinski definition) is 0. The van der Waals surface area contributed by atoms with Gasteiger partial charge in [0.1, 0.15) is 4.32 Å². The molecule has 1 amide bonds. The van der Waals surface area contributed by atoms with E-state index in [1.54, 1.807) is 6.08 Å². The first kappa shape index (κ1) is 13.8. The van der Waals surface area contributed by atoms with Crippen molar-refractivity contribution in [1.82, 2.24) is 4.90 Å². The Bertz CT molecular complexity index is 554. The molecule has 1 heterocycles. The summed E-state index contributed by atoms with van der Waals surface area (Å²) in [5.74, 6) is -1.44. The summed E-state index contributed by atoms with van der Waals surface area (Å²) in [6.07, 6.45) is 1.53. The van der Waals surface area contributed by atoms with E-state index in [2.05, 4.69) is 0 Å². The Labute approximate surface area is 120 Å². The van der Waals surface area contributed by atoms with Crippen LogP contribution in [0.15, 0.2) is 35.2 Å². The van der Waals surface area contributed by atoms with Gasteiger partial charge in [-0.25, -0.2) is 0 Å². The highest BCUT2D eigenvalue weighted by atomic mass is 32.2. The second-order valence-corrected chi connectivity index (χ2v) is 5.54. The molecule has 0 atom stereocenters. The highest BCUT2D eigenvalue weighted by molar-refractivity contribution is 8.26. The van der Waals surface area contributed by atoms with Gasteiger partial charge in [0.05, 0.1) is 4.91 Å². The van der Waals surface area contributed by atoms with Crippen LogP contribution < -0.4 is 5.11 Å². The van der Waals surface area contributed by atoms with Gasteiger partial charge < -0.3 is 9.90 Å². The molecule has 98 valence electrons. The molecule has 0 aromatic heterocycles. The molecule has 1 saturated heterocycles. The van der Waals surface area contributed by atoms with Gasteiger partial charge in [0, 0.05) is 18.9 Å². The molecular weight excluding hydrogens is 282 g/mol. The van der Waals surface area contributed by atoms with E-state index in [1.807, 2.05) is 30.3 Å². The van der Waals surface area contributed by atoms with Gasteiger partial charge in [-0.1, -0.05) is 54.3 Å². The monoisotopic (exact) mass is 292 g/mol. The number of aliphatic carboxylic acids is 1. The summed E-state index contributed by atoms with van der Waals surface area (Å²) in [6, 6.07) is 9.41. The lowest BCUT2D eigenvalue weighted by molar-refractivity contribution is -0.305. The van der Waals surface area contributed by atoms with Gasteiger partial charge in [0.25, 0.3) is 5.91 Å². The van der Waals surface area contributed by atoms with Gasteiger partial charge in [0.15, 0.2) is 0 Å². The molecule has 2 rings (SSSR count). The Morgan fingerprint density at radius 2 is 2.05 bits per heavy atom. The Balaban J connectivity index is 2.14. The summed E-state index contributed by atoms with van der Waals surface area (Å²) >= 11 is 6.26. The van der Waals surface area contributed by atoms with Crippen molar-refractivity contribution in [2.75, 3.05) is 6.54 Å². The standard InChI is InChI=1S/C13H11NO3S2/c15-11(16)6-7-14-12(17)10(19-13(14)18)8-9-4-2-1-3-5-9/h1-5,8H,6-7H2,(H,15,16)/p-1/b10-8-. The summed E-state index contributed by atoms with van der Waals surface area (Å²) in [6.45, 7) is 0.0547. The third-order valence-electron chi connectivity index (χ3n) is 2.51. The first-order chi connectivity index (χ1) is 9.08. The Morgan fingerprint density at radius 3 is 2.68 bits per heavy atom. The fourth-order valence-electron chi connectivity index (χ4n) is 1.60. The zero-order valence-corrected chi connectivity index (χ0v) is 11.5. The van der Waals surface area contributed by atoms with Crippen LogP contribution in [0.2, 0.25) is 0 Å². The van der Waals surface area contributed by atoms with Crippen molar-refractivity contribution in [3.8, 4) is 0 Å². The second-order valence-electron chi connectivity index (χ2n) is 3.87. The van der Waals surface area contributed by atoms with E-state index in [-0.39, 0.29) is 18.9 Å². The fourth-order valence-corrected chi connectivity index (χ4v) is 2.91. The third-order valence-corrected chi connectivity index (χ3v) is 3.89. The first-order valence-electron chi connectivity index (χ1n) is 5.58. The Hall–Kier alpha value is -1.66. The molecule has 0 spiro atoms. The second kappa shape index (κ2) is 5.99. The molecule has 1 fully saturated rings. The maximum Gasteiger partial charge on any atom is 0.266 e. The van der Waals surface area contributed by atoms with Crippen molar-refractivity contribution in [2.45, 2.75) is 6.42 Å². The number of carboxylic acids is 1. The molecule has 1 aromatic rings. The molecule has 1 aromatic carbocycles. The molecule has 0 saturated carbocycles. The third kappa shape index (κ3) is 3.42. The van der Waals surface area contributed by atoms with Crippen LogP contribution >= 0.6 is 24.0 Å². The molecular formula is C13H10NO3S2-. The quantitative estimate of drug-likeness (QED) is 0.613. The average Bonchev–Trinajstić information content (AvgIpc) is 2.63. The lowest BCUT2D eigenvalue weighted by atomic mass is 10.2. The van der Waals surface area contributed by atoms with Gasteiger partial charge in [-0.05, 0) is 11.6 Å². The molecule has 19 heavy (non-hydrogen) atoms. The summed E-state index contributed by atoms with van der Waals surface area (Å²) in [5.41, 5.74) is 0.905. The van der Waals surface area contributed by atoms with Crippen LogP contribution in [0, 0.1) is 0 Å². The molecule has 4 nitrogen and oxygen atoms in total. The van der Waals surface area contributed by atoms with E-state index in [1.165, 1.54) is 16.7 Å². The lowest BCUT2D eigenvalue weighted by Gasteiger charge is -2.14. The highest BCUT2D eigenvalue weighted by Crippen LogP contribution is 2.32. The van der Waals surface area contributed by atoms with E-state index in [9.17, 15) is 14.7 Å². The van der Waals surface area contributed by atoms with Crippen molar-refractivity contribution >= 4 is 46.3 Å². The van der Waals surface area contributed by atoms with E-state index in [4.69, 9.17) is 12.2 Å². The average molecular weight is 292 g/mol. The van der Waals surface area contributed by atoms with Crippen LogP contribution in [0.5, 0.6) is 0 Å². The Morgan fingerprint density at radius 1 is 1.37 bits per heavy atom. The van der Waals surface area contributed by atoms with Crippen molar-refractivity contribution in [1.29, 1.82) is 0 Å². The molecule has 0 N–H and O–H groups in total. The molecule has 0 unspecified atom stereocenters. The van der Waals surface area contributed by atoms with Crippen LogP contribution in [0.25, 0.3) is 6.08 Å². The molecule has 1 aliphatic rings. The number of thiocarbonyl (C=S) groups is 1. The van der Waals surface area contributed by atoms with Crippen molar-refractivity contribution in [3.63, 3.8) is 0 Å². The predicted octanol–water partition coefficient (Wildman–Crippen LogP) is 1.03. The largest absolute Gasteiger partial charge is 0.550 e. The number of thioether (sulfide) groups is 1. The number of benzene rings is 1. The van der Waals surface area contributed by atoms with Crippen molar-refractivity contribution in [3.05, 3.63) is 40.8 Å². The molecule has 1 aliphatic heterocycles. The number of carbonyl (C=O) groups is 2. The fraction of sp³-hybridized carbons (Fsp3) is 0.154. The van der Waals surface area contributed by atoms with Crippen LogP contribution in [0.4, 0.5) is 0 Å². The topological polar surface area (TPSA) is 60.4 Å². The maximum absolute atomic E-state index is 12.1. The van der Waals surface area contributed by atoms with Crippen LogP contribution in [-0.4, -0.2) is 27.6 Å². The summed E-state index contributed by atoms with van der Waals surface area (Å²) in [4.78, 5) is 24.3. The van der Waals surface area contributed by atoms with E-state index >= 15 is 0 Å². The number of rotatable bonds is 4. The van der Waals surface area contributed by atoms with Crippen LogP contribution in [0.3, 0.4) is 0 Å². The van der Waals surface area contributed by atoms with Crippen molar-refractivity contribution < 1.29 is 14.7 Å². The molecule has 6 heteroatoms. The smallest absolute Gasteiger partial charge is 0.266 e. The van der Waals surface area contributed by atoms with Crippen molar-refractivity contribution in [2.24, 2.45) is 0 Å². The first-order valence-corrected chi connectivity index (χ1v) is 6.80. The minimum Gasteiger partial charge on any atom is -0.550 e. The summed E-state index contributed by atoms with van der Waals surface area (Å²) in [5, 5.41) is 10.4. The molecule has 0 aliphatic carbocycles. The van der Waals surface area contributed by atoms with E-state index in [0.29, 0.717) is 9.23 Å². The summed E-state index contributed by atoms with van der Waals surface area (Å²) in [7, 11) is 0. The number of nitrogens with zero attached hydrogens (tertiary/aromatic N) is 1. The number of hydrogen-bond acceptors (Lipinski definition) is 5. The predicted molar refractivity (Wildman–Crippen MR) is 75.9 cm³/mol. The van der Waals surface area contributed by atoms with E-state index < -0.39 is 5.97 Å². The van der Waals surface area contributed by atoms with Gasteiger partial charge in [-0.3, -0.25) is 9.69 Å². The normalized spacial score (nSPS) is 17.3. The van der Waals surface area contributed by atoms with Gasteiger partial charge in [-0.2, -0.15) is 0 Å². The SMILES string of the molecule is O=C([O-])CCN1C(=O)/C(=C/c2ccccc2)SC1=S. The van der Waals surface area contributed by atoms with Gasteiger partial charge in [0.2, 0.25) is 0 Å². The molecule has 0 radical (unpaired) electrons. The lowest BCUT2D eigenvalue weighted by Crippen LogP contribution is -2.33. The van der Waals surface area contributed by atoms with Crippen LogP contribution in [0.1, 0.15) is 12.0 Å². The zero-order valence-electron chi connectivity index (χ0n) is 9.87. The minimum atomic E-state index is -1.19. The van der Waals surface area contributed by atoms with E-state index in [0.717, 1.165) is 5.56 Å². The number of amides is 1. The number of carboxylic acid groups (broad SMARTS) is 1. The highest BCUT2D eigenvalue weighted by Gasteiger charge is 2.31. The van der Waals surface area contributed by atoms with Gasteiger partial charge in [-0.15, -0.1) is 0 Å².